The third-order valence-corrected chi connectivity index (χ3v) is 5.16. The largest absolute Gasteiger partial charge is 0.505 e. The molecule has 35 heavy (non-hydrogen) atoms. The lowest BCUT2D eigenvalue weighted by Crippen LogP contribution is -2.42. The lowest BCUT2D eigenvalue weighted by Gasteiger charge is -2.13. The number of hydrogen-bond donors (Lipinski definition) is 3. The number of nitrogens with zero attached hydrogens (tertiary/aromatic N) is 2. The lowest BCUT2D eigenvalue weighted by atomic mass is 9.99. The molecule has 4 rings (SSSR count). The van der Waals surface area contributed by atoms with Crippen LogP contribution < -0.4 is 10.9 Å². The Morgan fingerprint density at radius 1 is 0.943 bits per heavy atom. The number of aromatic hydroxyl groups is 1. The highest BCUT2D eigenvalue weighted by Gasteiger charge is 2.23. The normalized spacial score (nSPS) is 10.6. The minimum atomic E-state index is -0.867. The minimum Gasteiger partial charge on any atom is -0.505 e. The highest BCUT2D eigenvalue weighted by Crippen LogP contribution is 2.32. The monoisotopic (exact) mass is 474 g/mol. The Labute approximate surface area is 198 Å². The highest BCUT2D eigenvalue weighted by atomic mass is 19.1. The topological polar surface area (TPSA) is 131 Å². The number of hydrazine groups is 1. The van der Waals surface area contributed by atoms with E-state index in [1.165, 1.54) is 30.6 Å². The Morgan fingerprint density at radius 3 is 2.37 bits per heavy atom. The van der Waals surface area contributed by atoms with E-state index in [4.69, 9.17) is 4.74 Å². The Morgan fingerprint density at radius 2 is 1.69 bits per heavy atom. The molecule has 10 heteroatoms. The minimum absolute atomic E-state index is 0.00282. The summed E-state index contributed by atoms with van der Waals surface area (Å²) in [5.74, 6) is -3.09. The van der Waals surface area contributed by atoms with Crippen molar-refractivity contribution in [2.45, 2.75) is 6.42 Å². The standard InChI is InChI=1S/C25H19FN4O5/c1-35-25(34)19-12-18(23(32)29-30-24(33)20-4-2-3-9-27-20)17-11-15(13-28-21(17)22(19)31)10-14-5-7-16(26)8-6-14/h2-9,11-13,31H,10H2,1H3,(H,29,32)(H,30,33). The van der Waals surface area contributed by atoms with Gasteiger partial charge < -0.3 is 9.84 Å². The maximum absolute atomic E-state index is 13.2. The molecule has 0 unspecified atom stereocenters. The van der Waals surface area contributed by atoms with E-state index in [1.807, 2.05) is 0 Å². The summed E-state index contributed by atoms with van der Waals surface area (Å²) in [6, 6.07) is 13.4. The number of amides is 2. The van der Waals surface area contributed by atoms with Crippen molar-refractivity contribution >= 4 is 28.7 Å². The van der Waals surface area contributed by atoms with Crippen molar-refractivity contribution in [3.63, 3.8) is 0 Å². The molecule has 2 aromatic heterocycles. The van der Waals surface area contributed by atoms with Gasteiger partial charge in [-0.3, -0.25) is 30.4 Å². The number of aromatic nitrogens is 2. The van der Waals surface area contributed by atoms with Gasteiger partial charge in [0.25, 0.3) is 11.8 Å². The van der Waals surface area contributed by atoms with E-state index in [9.17, 15) is 23.9 Å². The predicted molar refractivity (Wildman–Crippen MR) is 123 cm³/mol. The second-order valence-electron chi connectivity index (χ2n) is 7.48. The van der Waals surface area contributed by atoms with Crippen molar-refractivity contribution in [2.75, 3.05) is 7.11 Å². The lowest BCUT2D eigenvalue weighted by molar-refractivity contribution is 0.0597. The van der Waals surface area contributed by atoms with E-state index in [2.05, 4.69) is 20.8 Å². The molecule has 0 saturated heterocycles. The first-order valence-electron chi connectivity index (χ1n) is 10.4. The zero-order valence-electron chi connectivity index (χ0n) is 18.4. The molecule has 2 amide bonds. The van der Waals surface area contributed by atoms with Gasteiger partial charge >= 0.3 is 5.97 Å². The molecule has 0 aliphatic heterocycles. The zero-order chi connectivity index (χ0) is 24.9. The molecule has 2 heterocycles. The predicted octanol–water partition coefficient (Wildman–Crippen LogP) is 2.93. The van der Waals surface area contributed by atoms with E-state index >= 15 is 0 Å². The van der Waals surface area contributed by atoms with Crippen molar-refractivity contribution in [1.29, 1.82) is 0 Å². The van der Waals surface area contributed by atoms with Crippen LogP contribution in [0.15, 0.2) is 67.0 Å². The molecule has 2 aromatic carbocycles. The van der Waals surface area contributed by atoms with Crippen molar-refractivity contribution in [1.82, 2.24) is 20.8 Å². The number of rotatable bonds is 5. The number of hydrogen-bond acceptors (Lipinski definition) is 7. The number of nitrogens with one attached hydrogen (secondary N) is 2. The van der Waals surface area contributed by atoms with Gasteiger partial charge in [-0.2, -0.15) is 0 Å². The molecule has 3 N–H and O–H groups in total. The molecule has 176 valence electrons. The molecule has 0 atom stereocenters. The summed E-state index contributed by atoms with van der Waals surface area (Å²) in [6.07, 6.45) is 3.29. The van der Waals surface area contributed by atoms with E-state index in [-0.39, 0.29) is 33.5 Å². The molecular weight excluding hydrogens is 455 g/mol. The third kappa shape index (κ3) is 5.06. The summed E-state index contributed by atoms with van der Waals surface area (Å²) >= 11 is 0. The van der Waals surface area contributed by atoms with Crippen molar-refractivity contribution in [3.8, 4) is 5.75 Å². The van der Waals surface area contributed by atoms with Crippen molar-refractivity contribution < 1.29 is 28.6 Å². The molecule has 0 radical (unpaired) electrons. The van der Waals surface area contributed by atoms with Crippen LogP contribution in [0, 0.1) is 5.82 Å². The van der Waals surface area contributed by atoms with Gasteiger partial charge in [0, 0.05) is 17.8 Å². The number of methoxy groups -OCH3 is 1. The van der Waals surface area contributed by atoms with Crippen molar-refractivity contribution in [2.24, 2.45) is 0 Å². The molecule has 0 spiro atoms. The number of carbonyl (C=O) groups excluding carboxylic acids is 3. The molecule has 0 bridgehead atoms. The first kappa shape index (κ1) is 23.3. The van der Waals surface area contributed by atoms with Gasteiger partial charge in [0.15, 0.2) is 5.75 Å². The number of pyridine rings is 2. The van der Waals surface area contributed by atoms with Crippen LogP contribution in [-0.4, -0.2) is 40.0 Å². The first-order chi connectivity index (χ1) is 16.9. The van der Waals surface area contributed by atoms with E-state index in [1.54, 1.807) is 30.3 Å². The summed E-state index contributed by atoms with van der Waals surface area (Å²) in [5.41, 5.74) is 5.80. The van der Waals surface area contributed by atoms with Gasteiger partial charge in [-0.1, -0.05) is 18.2 Å². The Bertz CT molecular complexity index is 1430. The van der Waals surface area contributed by atoms with Crippen LogP contribution in [0.3, 0.4) is 0 Å². The molecule has 9 nitrogen and oxygen atoms in total. The summed E-state index contributed by atoms with van der Waals surface area (Å²) in [5, 5.41) is 10.9. The molecule has 0 fully saturated rings. The second kappa shape index (κ2) is 9.96. The number of phenols is 1. The quantitative estimate of drug-likeness (QED) is 0.299. The Kier molecular flexibility index (Phi) is 6.63. The Hall–Kier alpha value is -4.86. The molecule has 0 aliphatic carbocycles. The van der Waals surface area contributed by atoms with Crippen molar-refractivity contribution in [3.05, 3.63) is 101 Å². The third-order valence-electron chi connectivity index (χ3n) is 5.16. The SMILES string of the molecule is COC(=O)c1cc(C(=O)NNC(=O)c2ccccn2)c2cc(Cc3ccc(F)cc3)cnc2c1O. The fraction of sp³-hybridized carbons (Fsp3) is 0.0800. The summed E-state index contributed by atoms with van der Waals surface area (Å²) < 4.78 is 17.9. The van der Waals surface area contributed by atoms with Crippen LogP contribution in [0.4, 0.5) is 4.39 Å². The van der Waals surface area contributed by atoms with Gasteiger partial charge in [-0.15, -0.1) is 0 Å². The fourth-order valence-corrected chi connectivity index (χ4v) is 3.45. The van der Waals surface area contributed by atoms with Gasteiger partial charge in [-0.05, 0) is 53.9 Å². The highest BCUT2D eigenvalue weighted by molar-refractivity contribution is 6.12. The number of halogens is 1. The maximum Gasteiger partial charge on any atom is 0.341 e. The summed E-state index contributed by atoms with van der Waals surface area (Å²) in [4.78, 5) is 45.6. The average molecular weight is 474 g/mol. The molecular formula is C25H19FN4O5. The van der Waals surface area contributed by atoms with Gasteiger partial charge in [0.1, 0.15) is 22.6 Å². The van der Waals surface area contributed by atoms with Gasteiger partial charge in [0.05, 0.1) is 12.7 Å². The summed E-state index contributed by atoms with van der Waals surface area (Å²) in [6.45, 7) is 0. The summed E-state index contributed by atoms with van der Waals surface area (Å²) in [7, 11) is 1.14. The van der Waals surface area contributed by atoms with Crippen LogP contribution in [0.25, 0.3) is 10.9 Å². The smallest absolute Gasteiger partial charge is 0.341 e. The number of fused-ring (bicyclic) bond motifs is 1. The van der Waals surface area contributed by atoms with E-state index < -0.39 is 23.5 Å². The van der Waals surface area contributed by atoms with E-state index in [0.717, 1.165) is 18.7 Å². The number of ether oxygens (including phenoxy) is 1. The first-order valence-corrected chi connectivity index (χ1v) is 10.4. The van der Waals surface area contributed by atoms with Crippen LogP contribution in [-0.2, 0) is 11.2 Å². The molecule has 4 aromatic rings. The van der Waals surface area contributed by atoms with Crippen LogP contribution in [0.1, 0.15) is 42.3 Å². The van der Waals surface area contributed by atoms with Gasteiger partial charge in [0.2, 0.25) is 0 Å². The zero-order valence-corrected chi connectivity index (χ0v) is 18.4. The Balaban J connectivity index is 1.71. The number of esters is 1. The number of carbonyl (C=O) groups is 3. The van der Waals surface area contributed by atoms with E-state index in [0.29, 0.717) is 12.0 Å². The molecule has 0 aliphatic rings. The number of benzene rings is 2. The van der Waals surface area contributed by atoms with Gasteiger partial charge in [-0.25, -0.2) is 9.18 Å². The van der Waals surface area contributed by atoms with Crippen LogP contribution in [0.2, 0.25) is 0 Å². The van der Waals surface area contributed by atoms with Crippen LogP contribution in [0.5, 0.6) is 5.75 Å². The average Bonchev–Trinajstić information content (AvgIpc) is 2.88. The number of phenolic OH excluding ortho intramolecular Hbond substituents is 1. The fourth-order valence-electron chi connectivity index (χ4n) is 3.45. The maximum atomic E-state index is 13.2. The molecule has 0 saturated carbocycles. The van der Waals surface area contributed by atoms with Crippen LogP contribution >= 0.6 is 0 Å². The second-order valence-corrected chi connectivity index (χ2v) is 7.48.